The molecule has 0 rings (SSSR count). The largest absolute Gasteiger partial charge is 0.464 e. The van der Waals surface area contributed by atoms with Gasteiger partial charge in [0.1, 0.15) is 6.61 Å². The minimum atomic E-state index is -3.04. The molecule has 78 valence electrons. The zero-order chi connectivity index (χ0) is 10.7. The van der Waals surface area contributed by atoms with Gasteiger partial charge in [0.15, 0.2) is 9.84 Å². The molecule has 0 aliphatic rings. The summed E-state index contributed by atoms with van der Waals surface area (Å²) in [5.41, 5.74) is -0.572. The second-order valence-electron chi connectivity index (χ2n) is 4.02. The molecular formula is C8H16O4S. The number of esters is 1. The molecule has 13 heavy (non-hydrogen) atoms. The second kappa shape index (κ2) is 4.09. The minimum absolute atomic E-state index is 0.0606. The van der Waals surface area contributed by atoms with E-state index in [9.17, 15) is 13.2 Å². The Bertz CT molecular complexity index is 271. The van der Waals surface area contributed by atoms with Crippen molar-refractivity contribution in [1.29, 1.82) is 0 Å². The fourth-order valence-electron chi connectivity index (χ4n) is 0.502. The van der Waals surface area contributed by atoms with Crippen LogP contribution in [-0.4, -0.2) is 33.0 Å². The maximum absolute atomic E-state index is 11.1. The van der Waals surface area contributed by atoms with Crippen LogP contribution in [0.1, 0.15) is 20.8 Å². The van der Waals surface area contributed by atoms with Crippen LogP contribution in [0.5, 0.6) is 0 Å². The van der Waals surface area contributed by atoms with Crippen molar-refractivity contribution in [2.45, 2.75) is 20.8 Å². The first-order chi connectivity index (χ1) is 5.63. The summed E-state index contributed by atoms with van der Waals surface area (Å²) in [5, 5.41) is 0. The maximum Gasteiger partial charge on any atom is 0.311 e. The third kappa shape index (κ3) is 6.57. The Balaban J connectivity index is 3.87. The highest BCUT2D eigenvalue weighted by molar-refractivity contribution is 7.90. The predicted octanol–water partition coefficient (Wildman–Crippen LogP) is 0.620. The van der Waals surface area contributed by atoms with E-state index in [0.717, 1.165) is 6.26 Å². The molecule has 0 aliphatic heterocycles. The summed E-state index contributed by atoms with van der Waals surface area (Å²) in [5.74, 6) is -0.495. The van der Waals surface area contributed by atoms with Crippen LogP contribution in [0, 0.1) is 5.41 Å². The lowest BCUT2D eigenvalue weighted by molar-refractivity contribution is -0.152. The topological polar surface area (TPSA) is 60.4 Å². The van der Waals surface area contributed by atoms with Gasteiger partial charge in [0.05, 0.1) is 11.2 Å². The monoisotopic (exact) mass is 208 g/mol. The summed E-state index contributed by atoms with van der Waals surface area (Å²) < 4.78 is 26.1. The van der Waals surface area contributed by atoms with Crippen molar-refractivity contribution >= 4 is 15.8 Å². The van der Waals surface area contributed by atoms with Gasteiger partial charge < -0.3 is 4.74 Å². The summed E-state index contributed by atoms with van der Waals surface area (Å²) in [4.78, 5) is 11.1. The summed E-state index contributed by atoms with van der Waals surface area (Å²) in [6.07, 6.45) is 1.11. The Morgan fingerprint density at radius 3 is 2.08 bits per heavy atom. The molecule has 5 heteroatoms. The lowest BCUT2D eigenvalue weighted by atomic mass is 9.97. The predicted molar refractivity (Wildman–Crippen MR) is 50.1 cm³/mol. The van der Waals surface area contributed by atoms with Crippen LogP contribution in [0.4, 0.5) is 0 Å². The molecule has 0 spiro atoms. The first-order valence-electron chi connectivity index (χ1n) is 3.98. The zero-order valence-electron chi connectivity index (χ0n) is 8.46. The molecule has 0 aliphatic carbocycles. The van der Waals surface area contributed by atoms with E-state index in [2.05, 4.69) is 0 Å². The average molecular weight is 208 g/mol. The fraction of sp³-hybridized carbons (Fsp3) is 0.875. The molecule has 0 bridgehead atoms. The molecule has 0 saturated heterocycles. The molecule has 0 aromatic heterocycles. The van der Waals surface area contributed by atoms with Gasteiger partial charge in [0.2, 0.25) is 0 Å². The molecule has 0 atom stereocenters. The van der Waals surface area contributed by atoms with Crippen molar-refractivity contribution in [1.82, 2.24) is 0 Å². The normalized spacial score (nSPS) is 12.6. The molecule has 0 radical (unpaired) electrons. The minimum Gasteiger partial charge on any atom is -0.464 e. The first-order valence-corrected chi connectivity index (χ1v) is 6.04. The Hall–Kier alpha value is -0.580. The van der Waals surface area contributed by atoms with Gasteiger partial charge in [-0.05, 0) is 20.8 Å². The lowest BCUT2D eigenvalue weighted by Crippen LogP contribution is -2.25. The number of carbonyl (C=O) groups excluding carboxylic acids is 1. The Kier molecular flexibility index (Phi) is 3.90. The molecule has 0 fully saturated rings. The third-order valence-electron chi connectivity index (χ3n) is 1.30. The molecule has 0 saturated carbocycles. The van der Waals surface area contributed by atoms with Crippen LogP contribution in [0.2, 0.25) is 0 Å². The summed E-state index contributed by atoms with van der Waals surface area (Å²) in [6, 6.07) is 0. The summed E-state index contributed by atoms with van der Waals surface area (Å²) in [6.45, 7) is 5.09. The molecule has 0 amide bonds. The van der Waals surface area contributed by atoms with Crippen LogP contribution < -0.4 is 0 Å². The van der Waals surface area contributed by atoms with Crippen LogP contribution in [0.15, 0.2) is 0 Å². The second-order valence-corrected chi connectivity index (χ2v) is 6.28. The van der Waals surface area contributed by atoms with Gasteiger partial charge in [-0.15, -0.1) is 0 Å². The van der Waals surface area contributed by atoms with Gasteiger partial charge in [-0.1, -0.05) is 0 Å². The van der Waals surface area contributed by atoms with Gasteiger partial charge in [0, 0.05) is 6.26 Å². The van der Waals surface area contributed by atoms with Crippen LogP contribution in [0.3, 0.4) is 0 Å². The SMILES string of the molecule is CC(C)(C)C(=O)OCCS(C)(=O)=O. The molecular weight excluding hydrogens is 192 g/mol. The van der Waals surface area contributed by atoms with Gasteiger partial charge in [-0.2, -0.15) is 0 Å². The highest BCUT2D eigenvalue weighted by atomic mass is 32.2. The zero-order valence-corrected chi connectivity index (χ0v) is 9.27. The average Bonchev–Trinajstić information content (AvgIpc) is 1.82. The quantitative estimate of drug-likeness (QED) is 0.638. The highest BCUT2D eigenvalue weighted by Crippen LogP contribution is 2.14. The Morgan fingerprint density at radius 2 is 1.77 bits per heavy atom. The number of rotatable bonds is 3. The molecule has 0 aromatic carbocycles. The Labute approximate surface area is 79.2 Å². The third-order valence-corrected chi connectivity index (χ3v) is 2.21. The van der Waals surface area contributed by atoms with Gasteiger partial charge in [-0.3, -0.25) is 4.79 Å². The van der Waals surface area contributed by atoms with E-state index in [1.165, 1.54) is 0 Å². The van der Waals surface area contributed by atoms with Crippen LogP contribution >= 0.6 is 0 Å². The van der Waals surface area contributed by atoms with E-state index in [1.807, 2.05) is 0 Å². The number of carbonyl (C=O) groups is 1. The smallest absolute Gasteiger partial charge is 0.311 e. The summed E-state index contributed by atoms with van der Waals surface area (Å²) in [7, 11) is -3.04. The van der Waals surface area contributed by atoms with E-state index in [0.29, 0.717) is 0 Å². The molecule has 0 aromatic rings. The van der Waals surface area contributed by atoms with Gasteiger partial charge in [0.25, 0.3) is 0 Å². The van der Waals surface area contributed by atoms with Crippen molar-refractivity contribution in [2.75, 3.05) is 18.6 Å². The van der Waals surface area contributed by atoms with Crippen molar-refractivity contribution < 1.29 is 17.9 Å². The molecule has 0 N–H and O–H groups in total. The summed E-state index contributed by atoms with van der Waals surface area (Å²) >= 11 is 0. The van der Waals surface area contributed by atoms with E-state index < -0.39 is 15.3 Å². The van der Waals surface area contributed by atoms with Crippen molar-refractivity contribution in [3.05, 3.63) is 0 Å². The van der Waals surface area contributed by atoms with Gasteiger partial charge >= 0.3 is 5.97 Å². The standard InChI is InChI=1S/C8H16O4S/c1-8(2,3)7(9)12-5-6-13(4,10)11/h5-6H2,1-4H3. The Morgan fingerprint density at radius 1 is 1.31 bits per heavy atom. The highest BCUT2D eigenvalue weighted by Gasteiger charge is 2.23. The number of hydrogen-bond acceptors (Lipinski definition) is 4. The van der Waals surface area contributed by atoms with Crippen LogP contribution in [0.25, 0.3) is 0 Å². The maximum atomic E-state index is 11.1. The molecule has 0 heterocycles. The van der Waals surface area contributed by atoms with E-state index in [-0.39, 0.29) is 18.3 Å². The number of sulfone groups is 1. The van der Waals surface area contributed by atoms with E-state index in [1.54, 1.807) is 20.8 Å². The lowest BCUT2D eigenvalue weighted by Gasteiger charge is -2.15. The number of ether oxygens (including phenoxy) is 1. The van der Waals surface area contributed by atoms with Crippen molar-refractivity contribution in [3.63, 3.8) is 0 Å². The first kappa shape index (κ1) is 12.4. The molecule has 0 unspecified atom stereocenters. The van der Waals surface area contributed by atoms with E-state index in [4.69, 9.17) is 4.74 Å². The molecule has 4 nitrogen and oxygen atoms in total. The van der Waals surface area contributed by atoms with Crippen molar-refractivity contribution in [3.8, 4) is 0 Å². The van der Waals surface area contributed by atoms with E-state index >= 15 is 0 Å². The fourth-order valence-corrected chi connectivity index (χ4v) is 0.888. The number of hydrogen-bond donors (Lipinski definition) is 0. The van der Waals surface area contributed by atoms with Crippen molar-refractivity contribution in [2.24, 2.45) is 5.41 Å². The van der Waals surface area contributed by atoms with Gasteiger partial charge in [-0.25, -0.2) is 8.42 Å². The van der Waals surface area contributed by atoms with Crippen LogP contribution in [-0.2, 0) is 19.4 Å².